The van der Waals surface area contributed by atoms with Crippen molar-refractivity contribution in [2.24, 2.45) is 0 Å². The fraction of sp³-hybridized carbons (Fsp3) is 0.571. The van der Waals surface area contributed by atoms with E-state index in [9.17, 15) is 0 Å². The Morgan fingerprint density at radius 3 is 2.72 bits per heavy atom. The molecule has 0 bridgehead atoms. The van der Waals surface area contributed by atoms with Crippen LogP contribution in [0.25, 0.3) is 0 Å². The maximum Gasteiger partial charge on any atom is 0.161 e. The van der Waals surface area contributed by atoms with Gasteiger partial charge in [0.25, 0.3) is 0 Å². The summed E-state index contributed by atoms with van der Waals surface area (Å²) in [5.74, 6) is 1.65. The highest BCUT2D eigenvalue weighted by molar-refractivity contribution is 5.44. The first-order valence-corrected chi connectivity index (χ1v) is 6.42. The lowest BCUT2D eigenvalue weighted by Gasteiger charge is -2.37. The molecule has 2 heterocycles. The molecule has 0 saturated carbocycles. The van der Waals surface area contributed by atoms with Gasteiger partial charge in [0.05, 0.1) is 11.7 Å². The Hall–Kier alpha value is -1.26. The predicted molar refractivity (Wildman–Crippen MR) is 68.2 cm³/mol. The highest BCUT2D eigenvalue weighted by Gasteiger charge is 2.29. The maximum atomic E-state index is 6.09. The summed E-state index contributed by atoms with van der Waals surface area (Å²) >= 11 is 0. The summed E-state index contributed by atoms with van der Waals surface area (Å²) in [6.07, 6.45) is 0.0737. The third kappa shape index (κ3) is 2.31. The van der Waals surface area contributed by atoms with E-state index in [4.69, 9.17) is 14.2 Å². The summed E-state index contributed by atoms with van der Waals surface area (Å²) in [4.78, 5) is 0. The molecule has 4 heteroatoms. The molecule has 1 atom stereocenters. The molecule has 0 spiro atoms. The summed E-state index contributed by atoms with van der Waals surface area (Å²) in [5, 5.41) is 3.41. The van der Waals surface area contributed by atoms with Crippen molar-refractivity contribution < 1.29 is 14.2 Å². The number of fused-ring (bicyclic) bond motifs is 1. The SMILES string of the molecule is CC1(C)CNCC(c2ccc3c(c2)OCCO3)O1. The van der Waals surface area contributed by atoms with E-state index in [-0.39, 0.29) is 11.7 Å². The number of hydrogen-bond acceptors (Lipinski definition) is 4. The van der Waals surface area contributed by atoms with Crippen molar-refractivity contribution in [2.75, 3.05) is 26.3 Å². The first kappa shape index (κ1) is 11.8. The highest BCUT2D eigenvalue weighted by atomic mass is 16.6. The fourth-order valence-corrected chi connectivity index (χ4v) is 2.42. The van der Waals surface area contributed by atoms with Gasteiger partial charge >= 0.3 is 0 Å². The monoisotopic (exact) mass is 249 g/mol. The molecular formula is C14H19NO3. The second-order valence-electron chi connectivity index (χ2n) is 5.40. The van der Waals surface area contributed by atoms with Crippen molar-refractivity contribution in [2.45, 2.75) is 25.6 Å². The predicted octanol–water partition coefficient (Wildman–Crippen LogP) is 1.90. The molecule has 2 aliphatic rings. The zero-order chi connectivity index (χ0) is 12.6. The molecule has 0 aromatic heterocycles. The van der Waals surface area contributed by atoms with Crippen LogP contribution < -0.4 is 14.8 Å². The summed E-state index contributed by atoms with van der Waals surface area (Å²) in [7, 11) is 0. The quantitative estimate of drug-likeness (QED) is 0.825. The van der Waals surface area contributed by atoms with E-state index in [1.807, 2.05) is 12.1 Å². The molecule has 1 N–H and O–H groups in total. The number of nitrogens with one attached hydrogen (secondary N) is 1. The van der Waals surface area contributed by atoms with Crippen LogP contribution in [-0.4, -0.2) is 31.9 Å². The van der Waals surface area contributed by atoms with Crippen molar-refractivity contribution in [1.29, 1.82) is 0 Å². The lowest BCUT2D eigenvalue weighted by molar-refractivity contribution is -0.0959. The van der Waals surface area contributed by atoms with Crippen LogP contribution in [0.3, 0.4) is 0 Å². The molecule has 98 valence electrons. The van der Waals surface area contributed by atoms with Crippen molar-refractivity contribution in [3.63, 3.8) is 0 Å². The third-order valence-corrected chi connectivity index (χ3v) is 3.28. The molecule has 0 amide bonds. The topological polar surface area (TPSA) is 39.7 Å². The van der Waals surface area contributed by atoms with Gasteiger partial charge in [-0.1, -0.05) is 6.07 Å². The zero-order valence-electron chi connectivity index (χ0n) is 10.9. The molecule has 1 saturated heterocycles. The highest BCUT2D eigenvalue weighted by Crippen LogP contribution is 2.35. The Labute approximate surface area is 107 Å². The van der Waals surface area contributed by atoms with Gasteiger partial charge in [0, 0.05) is 13.1 Å². The van der Waals surface area contributed by atoms with Crippen molar-refractivity contribution in [3.05, 3.63) is 23.8 Å². The van der Waals surface area contributed by atoms with Crippen molar-refractivity contribution >= 4 is 0 Å². The van der Waals surface area contributed by atoms with E-state index >= 15 is 0 Å². The van der Waals surface area contributed by atoms with Crippen LogP contribution in [0.1, 0.15) is 25.5 Å². The summed E-state index contributed by atoms with van der Waals surface area (Å²) in [5.41, 5.74) is 1.01. The van der Waals surface area contributed by atoms with E-state index in [0.29, 0.717) is 13.2 Å². The maximum absolute atomic E-state index is 6.09. The number of benzene rings is 1. The first-order chi connectivity index (χ1) is 8.64. The average molecular weight is 249 g/mol. The summed E-state index contributed by atoms with van der Waals surface area (Å²) < 4.78 is 17.2. The Morgan fingerprint density at radius 2 is 1.94 bits per heavy atom. The van der Waals surface area contributed by atoms with Gasteiger partial charge in [-0.2, -0.15) is 0 Å². The van der Waals surface area contributed by atoms with Crippen molar-refractivity contribution in [3.8, 4) is 11.5 Å². The minimum absolute atomic E-state index is 0.0737. The lowest BCUT2D eigenvalue weighted by atomic mass is 10.0. The Balaban J connectivity index is 1.83. The molecule has 1 aromatic rings. The van der Waals surface area contributed by atoms with Gasteiger partial charge in [-0.15, -0.1) is 0 Å². The van der Waals surface area contributed by atoms with Crippen LogP contribution in [0.5, 0.6) is 11.5 Å². The molecule has 0 aliphatic carbocycles. The first-order valence-electron chi connectivity index (χ1n) is 6.42. The van der Waals surface area contributed by atoms with Gasteiger partial charge in [-0.25, -0.2) is 0 Å². The Morgan fingerprint density at radius 1 is 1.17 bits per heavy atom. The second kappa shape index (κ2) is 4.44. The third-order valence-electron chi connectivity index (χ3n) is 3.28. The molecule has 1 aromatic carbocycles. The fourth-order valence-electron chi connectivity index (χ4n) is 2.42. The van der Waals surface area contributed by atoms with E-state index < -0.39 is 0 Å². The number of hydrogen-bond donors (Lipinski definition) is 1. The van der Waals surface area contributed by atoms with Crippen LogP contribution >= 0.6 is 0 Å². The molecule has 4 nitrogen and oxygen atoms in total. The van der Waals surface area contributed by atoms with E-state index in [1.165, 1.54) is 0 Å². The molecule has 3 rings (SSSR count). The van der Waals surface area contributed by atoms with Crippen LogP contribution in [0, 0.1) is 0 Å². The van der Waals surface area contributed by atoms with Crippen molar-refractivity contribution in [1.82, 2.24) is 5.32 Å². The van der Waals surface area contributed by atoms with E-state index in [1.54, 1.807) is 0 Å². The van der Waals surface area contributed by atoms with E-state index in [0.717, 1.165) is 30.2 Å². The van der Waals surface area contributed by atoms with Gasteiger partial charge in [-0.3, -0.25) is 0 Å². The Kier molecular flexibility index (Phi) is 2.92. The van der Waals surface area contributed by atoms with Gasteiger partial charge in [0.2, 0.25) is 0 Å². The Bertz CT molecular complexity index is 445. The smallest absolute Gasteiger partial charge is 0.161 e. The number of ether oxygens (including phenoxy) is 3. The lowest BCUT2D eigenvalue weighted by Crippen LogP contribution is -2.46. The standard InChI is InChI=1S/C14H19NO3/c1-14(2)9-15-8-13(18-14)10-3-4-11-12(7-10)17-6-5-16-11/h3-4,7,13,15H,5-6,8-9H2,1-2H3. The van der Waals surface area contributed by atoms with Crippen LogP contribution in [-0.2, 0) is 4.74 Å². The second-order valence-corrected chi connectivity index (χ2v) is 5.40. The number of rotatable bonds is 1. The largest absolute Gasteiger partial charge is 0.486 e. The van der Waals surface area contributed by atoms with Crippen LogP contribution in [0.4, 0.5) is 0 Å². The summed E-state index contributed by atoms with van der Waals surface area (Å²) in [6, 6.07) is 6.05. The van der Waals surface area contributed by atoms with Gasteiger partial charge in [0.15, 0.2) is 11.5 Å². The van der Waals surface area contributed by atoms with E-state index in [2.05, 4.69) is 25.2 Å². The minimum Gasteiger partial charge on any atom is -0.486 e. The molecule has 2 aliphatic heterocycles. The van der Waals surface area contributed by atoms with Crippen LogP contribution in [0.15, 0.2) is 18.2 Å². The summed E-state index contributed by atoms with van der Waals surface area (Å²) in [6.45, 7) is 7.16. The minimum atomic E-state index is -0.129. The molecular weight excluding hydrogens is 230 g/mol. The zero-order valence-corrected chi connectivity index (χ0v) is 10.9. The van der Waals surface area contributed by atoms with Gasteiger partial charge in [-0.05, 0) is 31.5 Å². The molecule has 1 fully saturated rings. The number of morpholine rings is 1. The molecule has 1 unspecified atom stereocenters. The molecule has 18 heavy (non-hydrogen) atoms. The average Bonchev–Trinajstić information content (AvgIpc) is 2.37. The van der Waals surface area contributed by atoms with Gasteiger partial charge < -0.3 is 19.5 Å². The normalized spacial score (nSPS) is 25.8. The van der Waals surface area contributed by atoms with Crippen LogP contribution in [0.2, 0.25) is 0 Å². The van der Waals surface area contributed by atoms with Gasteiger partial charge in [0.1, 0.15) is 13.2 Å². The molecule has 0 radical (unpaired) electrons.